The van der Waals surface area contributed by atoms with Crippen molar-refractivity contribution < 1.29 is 9.47 Å². The highest BCUT2D eigenvalue weighted by atomic mass is 16.5. The number of rotatable bonds is 8. The second kappa shape index (κ2) is 8.24. The van der Waals surface area contributed by atoms with Crippen LogP contribution in [-0.4, -0.2) is 37.5 Å². The SMILES string of the molecule is O=c1[nH]c2ccccc2cc1CNCCCOCC1CCCO1. The first-order chi connectivity index (χ1) is 11.3. The maximum atomic E-state index is 12.0. The van der Waals surface area contributed by atoms with Gasteiger partial charge in [0.1, 0.15) is 0 Å². The summed E-state index contributed by atoms with van der Waals surface area (Å²) in [5, 5.41) is 4.36. The van der Waals surface area contributed by atoms with Crippen LogP contribution in [0.5, 0.6) is 0 Å². The van der Waals surface area contributed by atoms with Crippen molar-refractivity contribution in [2.75, 3.05) is 26.4 Å². The van der Waals surface area contributed by atoms with E-state index in [2.05, 4.69) is 10.3 Å². The van der Waals surface area contributed by atoms with Crippen LogP contribution in [0.25, 0.3) is 10.9 Å². The number of ether oxygens (including phenoxy) is 2. The number of H-pyrrole nitrogens is 1. The average Bonchev–Trinajstić information content (AvgIpc) is 3.07. The lowest BCUT2D eigenvalue weighted by Crippen LogP contribution is -2.23. The Morgan fingerprint density at radius 3 is 3.13 bits per heavy atom. The van der Waals surface area contributed by atoms with Gasteiger partial charge in [-0.05, 0) is 43.3 Å². The van der Waals surface area contributed by atoms with Gasteiger partial charge in [0.05, 0.1) is 12.7 Å². The Bertz CT molecular complexity index is 677. The molecule has 5 heteroatoms. The van der Waals surface area contributed by atoms with E-state index in [0.717, 1.165) is 55.5 Å². The second-order valence-electron chi connectivity index (χ2n) is 5.95. The molecule has 1 aromatic heterocycles. The lowest BCUT2D eigenvalue weighted by molar-refractivity contribution is 0.0166. The molecule has 3 rings (SSSR count). The maximum absolute atomic E-state index is 12.0. The third-order valence-corrected chi connectivity index (χ3v) is 4.12. The first kappa shape index (κ1) is 16.2. The van der Waals surface area contributed by atoms with Gasteiger partial charge in [-0.25, -0.2) is 0 Å². The van der Waals surface area contributed by atoms with Gasteiger partial charge in [0.15, 0.2) is 0 Å². The molecule has 0 bridgehead atoms. The lowest BCUT2D eigenvalue weighted by atomic mass is 10.1. The quantitative estimate of drug-likeness (QED) is 0.733. The molecule has 0 saturated carbocycles. The van der Waals surface area contributed by atoms with E-state index in [4.69, 9.17) is 9.47 Å². The van der Waals surface area contributed by atoms with Gasteiger partial charge in [0, 0.05) is 30.8 Å². The molecule has 1 aromatic carbocycles. The number of benzene rings is 1. The number of fused-ring (bicyclic) bond motifs is 1. The molecule has 1 saturated heterocycles. The Hall–Kier alpha value is -1.69. The third-order valence-electron chi connectivity index (χ3n) is 4.12. The topological polar surface area (TPSA) is 63.4 Å². The van der Waals surface area contributed by atoms with Gasteiger partial charge >= 0.3 is 0 Å². The molecule has 23 heavy (non-hydrogen) atoms. The number of hydrogen-bond acceptors (Lipinski definition) is 4. The fourth-order valence-electron chi connectivity index (χ4n) is 2.84. The highest BCUT2D eigenvalue weighted by Gasteiger charge is 2.14. The normalized spacial score (nSPS) is 17.8. The van der Waals surface area contributed by atoms with Crippen LogP contribution in [0.3, 0.4) is 0 Å². The molecule has 1 aliphatic heterocycles. The predicted octanol–water partition coefficient (Wildman–Crippen LogP) is 2.20. The Labute approximate surface area is 136 Å². The molecule has 1 unspecified atom stereocenters. The van der Waals surface area contributed by atoms with Crippen molar-refractivity contribution >= 4 is 10.9 Å². The Balaban J connectivity index is 1.37. The number of para-hydroxylation sites is 1. The Kier molecular flexibility index (Phi) is 5.80. The highest BCUT2D eigenvalue weighted by Crippen LogP contribution is 2.12. The standard InChI is InChI=1S/C18H24N2O3/c21-18-15(11-14-5-1-2-7-17(14)20-18)12-19-8-4-9-22-13-16-6-3-10-23-16/h1-2,5,7,11,16,19H,3-4,6,8-10,12-13H2,(H,20,21). The largest absolute Gasteiger partial charge is 0.379 e. The summed E-state index contributed by atoms with van der Waals surface area (Å²) in [5.74, 6) is 0. The summed E-state index contributed by atoms with van der Waals surface area (Å²) >= 11 is 0. The zero-order valence-corrected chi connectivity index (χ0v) is 13.3. The molecule has 124 valence electrons. The van der Waals surface area contributed by atoms with Crippen LogP contribution in [0.1, 0.15) is 24.8 Å². The van der Waals surface area contributed by atoms with E-state index in [1.165, 1.54) is 0 Å². The van der Waals surface area contributed by atoms with Crippen LogP contribution in [0, 0.1) is 0 Å². The van der Waals surface area contributed by atoms with Crippen LogP contribution in [0.15, 0.2) is 35.1 Å². The van der Waals surface area contributed by atoms with Crippen molar-refractivity contribution in [3.8, 4) is 0 Å². The summed E-state index contributed by atoms with van der Waals surface area (Å²) in [7, 11) is 0. The van der Waals surface area contributed by atoms with Gasteiger partial charge in [-0.3, -0.25) is 4.79 Å². The molecule has 2 aromatic rings. The molecular formula is C18H24N2O3. The van der Waals surface area contributed by atoms with Crippen molar-refractivity contribution in [2.24, 2.45) is 0 Å². The van der Waals surface area contributed by atoms with E-state index in [-0.39, 0.29) is 5.56 Å². The van der Waals surface area contributed by atoms with Crippen LogP contribution < -0.4 is 10.9 Å². The fraction of sp³-hybridized carbons (Fsp3) is 0.500. The summed E-state index contributed by atoms with van der Waals surface area (Å²) < 4.78 is 11.1. The molecule has 0 aliphatic carbocycles. The minimum atomic E-state index is -0.0224. The zero-order valence-electron chi connectivity index (χ0n) is 13.3. The Morgan fingerprint density at radius 2 is 2.26 bits per heavy atom. The van der Waals surface area contributed by atoms with Crippen LogP contribution in [-0.2, 0) is 16.0 Å². The van der Waals surface area contributed by atoms with E-state index < -0.39 is 0 Å². The van der Waals surface area contributed by atoms with E-state index in [9.17, 15) is 4.79 Å². The molecule has 0 radical (unpaired) electrons. The minimum absolute atomic E-state index is 0.0224. The van der Waals surface area contributed by atoms with Crippen molar-refractivity contribution in [2.45, 2.75) is 31.9 Å². The summed E-state index contributed by atoms with van der Waals surface area (Å²) in [6.07, 6.45) is 3.48. The lowest BCUT2D eigenvalue weighted by Gasteiger charge is -2.10. The molecule has 1 aliphatic rings. The van der Waals surface area contributed by atoms with Crippen molar-refractivity contribution in [1.82, 2.24) is 10.3 Å². The number of aromatic amines is 1. The van der Waals surface area contributed by atoms with Crippen LogP contribution in [0.2, 0.25) is 0 Å². The molecular weight excluding hydrogens is 292 g/mol. The van der Waals surface area contributed by atoms with E-state index in [0.29, 0.717) is 19.3 Å². The zero-order chi connectivity index (χ0) is 15.9. The molecule has 0 spiro atoms. The van der Waals surface area contributed by atoms with Crippen molar-refractivity contribution in [1.29, 1.82) is 0 Å². The number of hydrogen-bond donors (Lipinski definition) is 2. The summed E-state index contributed by atoms with van der Waals surface area (Å²) in [6, 6.07) is 9.78. The molecule has 5 nitrogen and oxygen atoms in total. The first-order valence-electron chi connectivity index (χ1n) is 8.34. The van der Waals surface area contributed by atoms with Crippen LogP contribution in [0.4, 0.5) is 0 Å². The van der Waals surface area contributed by atoms with E-state index >= 15 is 0 Å². The molecule has 2 N–H and O–H groups in total. The number of pyridine rings is 1. The summed E-state index contributed by atoms with van der Waals surface area (Å²) in [4.78, 5) is 14.9. The van der Waals surface area contributed by atoms with Crippen molar-refractivity contribution in [3.63, 3.8) is 0 Å². The van der Waals surface area contributed by atoms with Gasteiger partial charge in [-0.1, -0.05) is 18.2 Å². The number of nitrogens with one attached hydrogen (secondary N) is 2. The minimum Gasteiger partial charge on any atom is -0.379 e. The molecule has 2 heterocycles. The molecule has 1 fully saturated rings. The van der Waals surface area contributed by atoms with Gasteiger partial charge in [-0.15, -0.1) is 0 Å². The predicted molar refractivity (Wildman–Crippen MR) is 90.7 cm³/mol. The summed E-state index contributed by atoms with van der Waals surface area (Å²) in [5.41, 5.74) is 1.62. The van der Waals surface area contributed by atoms with E-state index in [1.807, 2.05) is 30.3 Å². The molecule has 1 atom stereocenters. The summed E-state index contributed by atoms with van der Waals surface area (Å²) in [6.45, 7) is 3.70. The smallest absolute Gasteiger partial charge is 0.252 e. The van der Waals surface area contributed by atoms with Crippen LogP contribution >= 0.6 is 0 Å². The van der Waals surface area contributed by atoms with E-state index in [1.54, 1.807) is 0 Å². The van der Waals surface area contributed by atoms with Gasteiger partial charge in [0.2, 0.25) is 0 Å². The number of aromatic nitrogens is 1. The fourth-order valence-corrected chi connectivity index (χ4v) is 2.84. The monoisotopic (exact) mass is 316 g/mol. The van der Waals surface area contributed by atoms with Gasteiger partial charge in [0.25, 0.3) is 5.56 Å². The van der Waals surface area contributed by atoms with Gasteiger partial charge in [-0.2, -0.15) is 0 Å². The van der Waals surface area contributed by atoms with Gasteiger partial charge < -0.3 is 19.8 Å². The Morgan fingerprint density at radius 1 is 1.35 bits per heavy atom. The van der Waals surface area contributed by atoms with Crippen molar-refractivity contribution in [3.05, 3.63) is 46.2 Å². The second-order valence-corrected chi connectivity index (χ2v) is 5.95. The maximum Gasteiger partial charge on any atom is 0.252 e. The first-order valence-corrected chi connectivity index (χ1v) is 8.34. The third kappa shape index (κ3) is 4.64. The molecule has 0 amide bonds. The highest BCUT2D eigenvalue weighted by molar-refractivity contribution is 5.78. The average molecular weight is 316 g/mol.